The molecule has 0 radical (unpaired) electrons. The van der Waals surface area contributed by atoms with Crippen LogP contribution in [0.15, 0.2) is 30.5 Å². The van der Waals surface area contributed by atoms with Gasteiger partial charge in [-0.15, -0.1) is 5.10 Å². The molecule has 0 amide bonds. The summed E-state index contributed by atoms with van der Waals surface area (Å²) >= 11 is 0. The van der Waals surface area contributed by atoms with E-state index in [2.05, 4.69) is 10.3 Å². The summed E-state index contributed by atoms with van der Waals surface area (Å²) in [5.41, 5.74) is 7.64. The third kappa shape index (κ3) is 3.21. The van der Waals surface area contributed by atoms with Crippen LogP contribution in [0.2, 0.25) is 0 Å². The zero-order chi connectivity index (χ0) is 14.4. The fraction of sp³-hybridized carbons (Fsp3) is 0.357. The Morgan fingerprint density at radius 2 is 2.30 bits per heavy atom. The Kier molecular flexibility index (Phi) is 4.84. The van der Waals surface area contributed by atoms with Gasteiger partial charge in [-0.3, -0.25) is 0 Å². The molecule has 0 bridgehead atoms. The van der Waals surface area contributed by atoms with E-state index in [1.165, 1.54) is 0 Å². The average molecular weight is 274 g/mol. The molecule has 2 N–H and O–H groups in total. The molecule has 1 heterocycles. The van der Waals surface area contributed by atoms with Gasteiger partial charge in [-0.05, 0) is 24.6 Å². The predicted octanol–water partition coefficient (Wildman–Crippen LogP) is 1.68. The third-order valence-electron chi connectivity index (χ3n) is 2.89. The maximum atomic E-state index is 11.9. The standard InChI is InChI=1S/C14H18N4O2/c1-2-3-7-20-14(19)11-5-4-6-12(8-11)18-13(9-15)10-16-17-18/h4-6,8,10H,2-3,7,9,15H2,1H3. The van der Waals surface area contributed by atoms with Crippen molar-refractivity contribution >= 4 is 5.97 Å². The van der Waals surface area contributed by atoms with Gasteiger partial charge in [0, 0.05) is 6.54 Å². The number of hydrogen-bond donors (Lipinski definition) is 1. The highest BCUT2D eigenvalue weighted by atomic mass is 16.5. The highest BCUT2D eigenvalue weighted by Gasteiger charge is 2.10. The zero-order valence-electron chi connectivity index (χ0n) is 11.5. The number of benzene rings is 1. The number of esters is 1. The Hall–Kier alpha value is -2.21. The van der Waals surface area contributed by atoms with Gasteiger partial charge < -0.3 is 10.5 Å². The lowest BCUT2D eigenvalue weighted by Gasteiger charge is -2.07. The molecular formula is C14H18N4O2. The SMILES string of the molecule is CCCCOC(=O)c1cccc(-n2nncc2CN)c1. The summed E-state index contributed by atoms with van der Waals surface area (Å²) in [6.45, 7) is 2.82. The van der Waals surface area contributed by atoms with Crippen LogP contribution in [-0.4, -0.2) is 27.6 Å². The molecule has 6 nitrogen and oxygen atoms in total. The van der Waals surface area contributed by atoms with Crippen LogP contribution in [0.5, 0.6) is 0 Å². The molecule has 0 saturated heterocycles. The van der Waals surface area contributed by atoms with Crippen molar-refractivity contribution in [1.82, 2.24) is 15.0 Å². The van der Waals surface area contributed by atoms with Crippen LogP contribution in [0.4, 0.5) is 0 Å². The van der Waals surface area contributed by atoms with Crippen LogP contribution in [0, 0.1) is 0 Å². The monoisotopic (exact) mass is 274 g/mol. The molecule has 1 aromatic carbocycles. The number of unbranched alkanes of at least 4 members (excludes halogenated alkanes) is 1. The summed E-state index contributed by atoms with van der Waals surface area (Å²) in [7, 11) is 0. The molecule has 2 aromatic rings. The quantitative estimate of drug-likeness (QED) is 0.640. The maximum absolute atomic E-state index is 11.9. The van der Waals surface area contributed by atoms with Crippen LogP contribution < -0.4 is 5.73 Å². The van der Waals surface area contributed by atoms with Gasteiger partial charge in [0.25, 0.3) is 0 Å². The lowest BCUT2D eigenvalue weighted by atomic mass is 10.2. The number of hydrogen-bond acceptors (Lipinski definition) is 5. The van der Waals surface area contributed by atoms with Crippen molar-refractivity contribution in [3.8, 4) is 5.69 Å². The first-order chi connectivity index (χ1) is 9.76. The Labute approximate surface area is 117 Å². The summed E-state index contributed by atoms with van der Waals surface area (Å²) in [4.78, 5) is 11.9. The average Bonchev–Trinajstić information content (AvgIpc) is 2.96. The topological polar surface area (TPSA) is 83.0 Å². The smallest absolute Gasteiger partial charge is 0.338 e. The fourth-order valence-electron chi connectivity index (χ4n) is 1.77. The highest BCUT2D eigenvalue weighted by Crippen LogP contribution is 2.12. The lowest BCUT2D eigenvalue weighted by Crippen LogP contribution is -2.10. The molecule has 1 aromatic heterocycles. The van der Waals surface area contributed by atoms with Gasteiger partial charge in [-0.25, -0.2) is 9.48 Å². The molecule has 20 heavy (non-hydrogen) atoms. The van der Waals surface area contributed by atoms with Crippen molar-refractivity contribution < 1.29 is 9.53 Å². The second-order valence-electron chi connectivity index (χ2n) is 4.38. The van der Waals surface area contributed by atoms with Crippen molar-refractivity contribution in [3.63, 3.8) is 0 Å². The molecular weight excluding hydrogens is 256 g/mol. The van der Waals surface area contributed by atoms with E-state index in [1.54, 1.807) is 29.1 Å². The minimum Gasteiger partial charge on any atom is -0.462 e. The molecule has 0 aliphatic carbocycles. The number of ether oxygens (including phenoxy) is 1. The van der Waals surface area contributed by atoms with Crippen LogP contribution in [-0.2, 0) is 11.3 Å². The summed E-state index contributed by atoms with van der Waals surface area (Å²) in [5, 5.41) is 7.79. The van der Waals surface area contributed by atoms with Crippen molar-refractivity contribution in [2.75, 3.05) is 6.61 Å². The van der Waals surface area contributed by atoms with E-state index in [-0.39, 0.29) is 5.97 Å². The van der Waals surface area contributed by atoms with E-state index in [0.717, 1.165) is 24.2 Å². The van der Waals surface area contributed by atoms with Crippen LogP contribution in [0.3, 0.4) is 0 Å². The number of rotatable bonds is 6. The minimum absolute atomic E-state index is 0.324. The van der Waals surface area contributed by atoms with E-state index in [9.17, 15) is 4.79 Å². The summed E-state index contributed by atoms with van der Waals surface area (Å²) in [6.07, 6.45) is 3.46. The Morgan fingerprint density at radius 1 is 1.45 bits per heavy atom. The molecule has 0 unspecified atom stereocenters. The molecule has 6 heteroatoms. The molecule has 0 spiro atoms. The molecule has 0 fully saturated rings. The molecule has 0 aliphatic rings. The van der Waals surface area contributed by atoms with Gasteiger partial charge in [0.15, 0.2) is 0 Å². The van der Waals surface area contributed by atoms with Gasteiger partial charge >= 0.3 is 5.97 Å². The first-order valence-electron chi connectivity index (χ1n) is 6.63. The largest absolute Gasteiger partial charge is 0.462 e. The minimum atomic E-state index is -0.324. The first kappa shape index (κ1) is 14.2. The van der Waals surface area contributed by atoms with Gasteiger partial charge in [-0.2, -0.15) is 0 Å². The van der Waals surface area contributed by atoms with Crippen LogP contribution in [0.25, 0.3) is 5.69 Å². The van der Waals surface area contributed by atoms with Crippen molar-refractivity contribution in [3.05, 3.63) is 41.7 Å². The molecule has 0 saturated carbocycles. The lowest BCUT2D eigenvalue weighted by molar-refractivity contribution is 0.0499. The van der Waals surface area contributed by atoms with Gasteiger partial charge in [0.2, 0.25) is 0 Å². The van der Waals surface area contributed by atoms with E-state index in [1.807, 2.05) is 13.0 Å². The molecule has 0 aliphatic heterocycles. The normalized spacial score (nSPS) is 10.5. The second-order valence-corrected chi connectivity index (χ2v) is 4.38. The van der Waals surface area contributed by atoms with Crippen molar-refractivity contribution in [1.29, 1.82) is 0 Å². The molecule has 2 rings (SSSR count). The molecule has 106 valence electrons. The summed E-state index contributed by atoms with van der Waals surface area (Å²) in [6, 6.07) is 7.07. The van der Waals surface area contributed by atoms with Gasteiger partial charge in [0.1, 0.15) is 0 Å². The maximum Gasteiger partial charge on any atom is 0.338 e. The van der Waals surface area contributed by atoms with Crippen LogP contribution in [0.1, 0.15) is 35.8 Å². The first-order valence-corrected chi connectivity index (χ1v) is 6.63. The zero-order valence-corrected chi connectivity index (χ0v) is 11.5. The van der Waals surface area contributed by atoms with Crippen LogP contribution >= 0.6 is 0 Å². The van der Waals surface area contributed by atoms with E-state index >= 15 is 0 Å². The Bertz CT molecular complexity index is 580. The van der Waals surface area contributed by atoms with Gasteiger partial charge in [0.05, 0.1) is 29.7 Å². The number of carbonyl (C=O) groups is 1. The molecule has 0 atom stereocenters. The predicted molar refractivity (Wildman–Crippen MR) is 74.4 cm³/mol. The number of carbonyl (C=O) groups excluding carboxylic acids is 1. The third-order valence-corrected chi connectivity index (χ3v) is 2.89. The van der Waals surface area contributed by atoms with Crippen molar-refractivity contribution in [2.24, 2.45) is 5.73 Å². The van der Waals surface area contributed by atoms with E-state index in [0.29, 0.717) is 18.7 Å². The second kappa shape index (κ2) is 6.81. The van der Waals surface area contributed by atoms with E-state index in [4.69, 9.17) is 10.5 Å². The number of aromatic nitrogens is 3. The number of nitrogens with zero attached hydrogens (tertiary/aromatic N) is 3. The van der Waals surface area contributed by atoms with Gasteiger partial charge in [-0.1, -0.05) is 24.6 Å². The summed E-state index contributed by atoms with van der Waals surface area (Å²) in [5.74, 6) is -0.324. The van der Waals surface area contributed by atoms with Crippen molar-refractivity contribution in [2.45, 2.75) is 26.3 Å². The Balaban J connectivity index is 2.18. The highest BCUT2D eigenvalue weighted by molar-refractivity contribution is 5.90. The number of nitrogens with two attached hydrogens (primary N) is 1. The fourth-order valence-corrected chi connectivity index (χ4v) is 1.77. The Morgan fingerprint density at radius 3 is 3.05 bits per heavy atom. The van der Waals surface area contributed by atoms with E-state index < -0.39 is 0 Å². The summed E-state index contributed by atoms with van der Waals surface area (Å²) < 4.78 is 6.80.